The van der Waals surface area contributed by atoms with Crippen LogP contribution in [0.4, 0.5) is 0 Å². The normalized spacial score (nSPS) is 43.6. The lowest BCUT2D eigenvalue weighted by atomic mass is 9.73. The summed E-state index contributed by atoms with van der Waals surface area (Å²) in [4.78, 5) is 12.5. The molecule has 7 atom stereocenters. The molecule has 1 aromatic carbocycles. The molecule has 2 nitrogen and oxygen atoms in total. The zero-order valence-corrected chi connectivity index (χ0v) is 13.9. The summed E-state index contributed by atoms with van der Waals surface area (Å²) in [5.41, 5.74) is 0.655. The molecule has 4 aliphatic rings. The van der Waals surface area contributed by atoms with E-state index in [4.69, 9.17) is 4.74 Å². The fourth-order valence-electron chi connectivity index (χ4n) is 5.88. The Morgan fingerprint density at radius 3 is 2.18 bits per heavy atom. The first-order valence-electron chi connectivity index (χ1n) is 8.37. The van der Waals surface area contributed by atoms with E-state index in [1.807, 2.05) is 24.3 Å². The number of esters is 1. The van der Waals surface area contributed by atoms with Crippen LogP contribution >= 0.6 is 15.9 Å². The van der Waals surface area contributed by atoms with E-state index >= 15 is 0 Å². The highest BCUT2D eigenvalue weighted by atomic mass is 79.9. The Morgan fingerprint density at radius 2 is 1.59 bits per heavy atom. The van der Waals surface area contributed by atoms with Crippen molar-refractivity contribution in [3.63, 3.8) is 0 Å². The maximum Gasteiger partial charge on any atom is 0.338 e. The van der Waals surface area contributed by atoms with E-state index in [-0.39, 0.29) is 12.1 Å². The van der Waals surface area contributed by atoms with Crippen molar-refractivity contribution in [2.45, 2.75) is 25.4 Å². The van der Waals surface area contributed by atoms with E-state index in [1.165, 1.54) is 19.3 Å². The lowest BCUT2D eigenvalue weighted by molar-refractivity contribution is 0.0165. The third kappa shape index (κ3) is 1.75. The molecule has 1 unspecified atom stereocenters. The molecule has 3 saturated carbocycles. The van der Waals surface area contributed by atoms with Crippen molar-refractivity contribution in [3.8, 4) is 0 Å². The Morgan fingerprint density at radius 1 is 1.00 bits per heavy atom. The van der Waals surface area contributed by atoms with Gasteiger partial charge in [-0.1, -0.05) is 28.1 Å². The zero-order valence-electron chi connectivity index (χ0n) is 12.3. The number of benzene rings is 1. The van der Waals surface area contributed by atoms with Gasteiger partial charge >= 0.3 is 5.97 Å². The van der Waals surface area contributed by atoms with Gasteiger partial charge in [-0.3, -0.25) is 0 Å². The number of hydrogen-bond acceptors (Lipinski definition) is 2. The van der Waals surface area contributed by atoms with Gasteiger partial charge in [0, 0.05) is 16.3 Å². The molecular weight excluding hydrogens is 340 g/mol. The molecule has 0 radical (unpaired) electrons. The van der Waals surface area contributed by atoms with Crippen molar-refractivity contribution < 1.29 is 9.53 Å². The minimum Gasteiger partial charge on any atom is -0.458 e. The molecule has 5 rings (SSSR count). The molecule has 3 heteroatoms. The van der Waals surface area contributed by atoms with Crippen molar-refractivity contribution in [2.24, 2.45) is 35.5 Å². The van der Waals surface area contributed by atoms with Crippen LogP contribution in [0, 0.1) is 35.5 Å². The van der Waals surface area contributed by atoms with E-state index in [0.717, 1.165) is 28.1 Å². The molecule has 0 aliphatic heterocycles. The summed E-state index contributed by atoms with van der Waals surface area (Å²) in [6.07, 6.45) is 9.00. The van der Waals surface area contributed by atoms with Crippen LogP contribution in [0.2, 0.25) is 0 Å². The van der Waals surface area contributed by atoms with Crippen LogP contribution in [0.15, 0.2) is 40.9 Å². The van der Waals surface area contributed by atoms with Crippen LogP contribution in [0.3, 0.4) is 0 Å². The minimum atomic E-state index is -0.163. The second kappa shape index (κ2) is 4.70. The van der Waals surface area contributed by atoms with Crippen LogP contribution in [0.25, 0.3) is 0 Å². The number of carbonyl (C=O) groups is 1. The Bertz CT molecular complexity index is 624. The van der Waals surface area contributed by atoms with Gasteiger partial charge in [0.25, 0.3) is 0 Å². The second-order valence-electron chi connectivity index (χ2n) is 7.40. The average Bonchev–Trinajstić information content (AvgIpc) is 3.27. The van der Waals surface area contributed by atoms with Crippen LogP contribution in [-0.4, -0.2) is 12.1 Å². The summed E-state index contributed by atoms with van der Waals surface area (Å²) >= 11 is 3.40. The fraction of sp³-hybridized carbons (Fsp3) is 0.526. The molecule has 4 bridgehead atoms. The molecule has 0 spiro atoms. The molecule has 0 saturated heterocycles. The standard InChI is InChI=1S/C19H19BrO2/c20-13-5-3-10(4-6-13)19(21)22-18-14-7-8-15(18)17-12-2-1-11(9-12)16(14)17/h3-8,11-12,14-18H,1-2,9H2/t11-,12+,14-,15+,16+,17-,18?. The van der Waals surface area contributed by atoms with E-state index < -0.39 is 0 Å². The average molecular weight is 359 g/mol. The first kappa shape index (κ1) is 13.4. The minimum absolute atomic E-state index is 0.0922. The van der Waals surface area contributed by atoms with Crippen LogP contribution in [-0.2, 0) is 4.74 Å². The molecule has 0 heterocycles. The summed E-state index contributed by atoms with van der Waals surface area (Å²) in [6.45, 7) is 0. The molecule has 3 fully saturated rings. The first-order chi connectivity index (χ1) is 10.7. The maximum absolute atomic E-state index is 12.5. The lowest BCUT2D eigenvalue weighted by Crippen LogP contribution is -2.26. The Hall–Kier alpha value is -1.09. The molecule has 0 aromatic heterocycles. The van der Waals surface area contributed by atoms with Gasteiger partial charge in [0.15, 0.2) is 0 Å². The van der Waals surface area contributed by atoms with Gasteiger partial charge in [0.2, 0.25) is 0 Å². The smallest absolute Gasteiger partial charge is 0.338 e. The molecule has 4 aliphatic carbocycles. The molecule has 0 N–H and O–H groups in total. The van der Waals surface area contributed by atoms with E-state index in [0.29, 0.717) is 17.4 Å². The van der Waals surface area contributed by atoms with Crippen molar-refractivity contribution in [1.82, 2.24) is 0 Å². The molecular formula is C19H19BrO2. The second-order valence-corrected chi connectivity index (χ2v) is 8.32. The van der Waals surface area contributed by atoms with E-state index in [1.54, 1.807) is 0 Å². The number of fused-ring (bicyclic) bond motifs is 9. The maximum atomic E-state index is 12.5. The molecule has 22 heavy (non-hydrogen) atoms. The molecule has 1 aromatic rings. The summed E-state index contributed by atoms with van der Waals surface area (Å²) in [5.74, 6) is 4.15. The highest BCUT2D eigenvalue weighted by Crippen LogP contribution is 2.65. The fourth-order valence-corrected chi connectivity index (χ4v) is 6.15. The zero-order chi connectivity index (χ0) is 14.8. The summed E-state index contributed by atoms with van der Waals surface area (Å²) in [6, 6.07) is 7.46. The summed E-state index contributed by atoms with van der Waals surface area (Å²) < 4.78 is 6.95. The summed E-state index contributed by atoms with van der Waals surface area (Å²) in [7, 11) is 0. The predicted molar refractivity (Wildman–Crippen MR) is 87.3 cm³/mol. The number of carbonyl (C=O) groups excluding carboxylic acids is 1. The predicted octanol–water partition coefficient (Wildman–Crippen LogP) is 4.45. The number of halogens is 1. The third-order valence-corrected chi connectivity index (χ3v) is 7.10. The van der Waals surface area contributed by atoms with Gasteiger partial charge in [-0.05, 0) is 67.2 Å². The van der Waals surface area contributed by atoms with Gasteiger partial charge in [-0.15, -0.1) is 0 Å². The third-order valence-electron chi connectivity index (χ3n) is 6.57. The number of ether oxygens (including phenoxy) is 1. The van der Waals surface area contributed by atoms with Crippen molar-refractivity contribution in [2.75, 3.05) is 0 Å². The Balaban J connectivity index is 1.37. The van der Waals surface area contributed by atoms with E-state index in [9.17, 15) is 4.79 Å². The van der Waals surface area contributed by atoms with Gasteiger partial charge in [0.1, 0.15) is 6.10 Å². The van der Waals surface area contributed by atoms with Crippen LogP contribution in [0.1, 0.15) is 29.6 Å². The quantitative estimate of drug-likeness (QED) is 0.443. The monoisotopic (exact) mass is 358 g/mol. The SMILES string of the molecule is O=C(OC1[C@H]2C=C[C@@H]1[C@@H]1[C@@H]3CC[C@@H](C3)[C@@H]12)c1ccc(Br)cc1. The van der Waals surface area contributed by atoms with Crippen LogP contribution in [0.5, 0.6) is 0 Å². The van der Waals surface area contributed by atoms with Gasteiger partial charge in [0.05, 0.1) is 5.56 Å². The number of rotatable bonds is 2. The molecule has 0 amide bonds. The Kier molecular flexibility index (Phi) is 2.86. The lowest BCUT2D eigenvalue weighted by Gasteiger charge is -2.30. The molecule has 114 valence electrons. The van der Waals surface area contributed by atoms with Crippen molar-refractivity contribution in [1.29, 1.82) is 0 Å². The van der Waals surface area contributed by atoms with Gasteiger partial charge in [-0.25, -0.2) is 4.79 Å². The van der Waals surface area contributed by atoms with E-state index in [2.05, 4.69) is 28.1 Å². The topological polar surface area (TPSA) is 26.3 Å². The van der Waals surface area contributed by atoms with Gasteiger partial charge in [-0.2, -0.15) is 0 Å². The largest absolute Gasteiger partial charge is 0.458 e. The first-order valence-corrected chi connectivity index (χ1v) is 9.16. The van der Waals surface area contributed by atoms with Crippen LogP contribution < -0.4 is 0 Å². The highest BCUT2D eigenvalue weighted by Gasteiger charge is 2.63. The van der Waals surface area contributed by atoms with Gasteiger partial charge < -0.3 is 4.74 Å². The van der Waals surface area contributed by atoms with Crippen molar-refractivity contribution in [3.05, 3.63) is 46.5 Å². The van der Waals surface area contributed by atoms with Crippen molar-refractivity contribution >= 4 is 21.9 Å². The summed E-state index contributed by atoms with van der Waals surface area (Å²) in [5, 5.41) is 0. The Labute approximate surface area is 139 Å². The number of hydrogen-bond donors (Lipinski definition) is 0. The highest BCUT2D eigenvalue weighted by molar-refractivity contribution is 9.10.